The molecule has 0 aromatic carbocycles. The minimum atomic E-state index is -1.40. The first-order valence-electron chi connectivity index (χ1n) is 5.21. The Morgan fingerprint density at radius 1 is 1.27 bits per heavy atom. The number of aliphatic hydroxyl groups is 1. The van der Waals surface area contributed by atoms with E-state index >= 15 is 0 Å². The molecular weight excluding hydrogens is 198 g/mol. The molecule has 0 unspecified atom stereocenters. The maximum Gasteiger partial charge on any atom is 0.332 e. The minimum Gasteiger partial charge on any atom is -0.479 e. The lowest BCUT2D eigenvalue weighted by Crippen LogP contribution is -2.33. The largest absolute Gasteiger partial charge is 0.479 e. The zero-order valence-corrected chi connectivity index (χ0v) is 9.19. The van der Waals surface area contributed by atoms with Gasteiger partial charge in [-0.2, -0.15) is 0 Å². The van der Waals surface area contributed by atoms with Gasteiger partial charge in [0.15, 0.2) is 6.10 Å². The van der Waals surface area contributed by atoms with Crippen LogP contribution in [0, 0.1) is 5.92 Å². The molecule has 1 amide bonds. The van der Waals surface area contributed by atoms with E-state index in [2.05, 4.69) is 5.32 Å². The predicted octanol–water partition coefficient (Wildman–Crippen LogP) is 0.374. The van der Waals surface area contributed by atoms with Crippen molar-refractivity contribution >= 4 is 11.9 Å². The first-order valence-corrected chi connectivity index (χ1v) is 5.21. The van der Waals surface area contributed by atoms with Crippen molar-refractivity contribution in [1.82, 2.24) is 5.32 Å². The fourth-order valence-corrected chi connectivity index (χ4v) is 1.26. The summed E-state index contributed by atoms with van der Waals surface area (Å²) >= 11 is 0. The molecule has 0 aliphatic rings. The second-order valence-electron chi connectivity index (χ2n) is 3.45. The molecular formula is C10H19NO4. The Kier molecular flexibility index (Phi) is 6.70. The molecule has 15 heavy (non-hydrogen) atoms. The number of hydrogen-bond acceptors (Lipinski definition) is 3. The average Bonchev–Trinajstić information content (AvgIpc) is 2.19. The zero-order chi connectivity index (χ0) is 11.8. The van der Waals surface area contributed by atoms with Gasteiger partial charge >= 0.3 is 5.97 Å². The van der Waals surface area contributed by atoms with E-state index in [4.69, 9.17) is 10.2 Å². The molecule has 0 saturated heterocycles. The van der Waals surface area contributed by atoms with Crippen LogP contribution in [-0.2, 0) is 9.59 Å². The highest BCUT2D eigenvalue weighted by molar-refractivity contribution is 5.78. The van der Waals surface area contributed by atoms with Gasteiger partial charge in [0, 0.05) is 18.9 Å². The summed E-state index contributed by atoms with van der Waals surface area (Å²) in [4.78, 5) is 21.7. The topological polar surface area (TPSA) is 86.6 Å². The Balaban J connectivity index is 3.76. The number of rotatable bonds is 7. The van der Waals surface area contributed by atoms with E-state index in [-0.39, 0.29) is 24.8 Å². The number of carboxylic acid groups (broad SMARTS) is 1. The Bertz CT molecular complexity index is 213. The summed E-state index contributed by atoms with van der Waals surface area (Å²) in [6.45, 7) is 4.06. The average molecular weight is 217 g/mol. The molecule has 0 fully saturated rings. The van der Waals surface area contributed by atoms with Crippen molar-refractivity contribution < 1.29 is 19.8 Å². The summed E-state index contributed by atoms with van der Waals surface area (Å²) in [7, 11) is 0. The smallest absolute Gasteiger partial charge is 0.332 e. The van der Waals surface area contributed by atoms with E-state index in [1.807, 2.05) is 13.8 Å². The lowest BCUT2D eigenvalue weighted by atomic mass is 10.0. The Morgan fingerprint density at radius 2 is 1.80 bits per heavy atom. The van der Waals surface area contributed by atoms with Crippen LogP contribution in [0.15, 0.2) is 0 Å². The van der Waals surface area contributed by atoms with Crippen LogP contribution in [-0.4, -0.2) is 34.7 Å². The summed E-state index contributed by atoms with van der Waals surface area (Å²) in [6, 6.07) is 0. The molecule has 88 valence electrons. The van der Waals surface area contributed by atoms with E-state index < -0.39 is 12.1 Å². The van der Waals surface area contributed by atoms with E-state index in [0.717, 1.165) is 12.8 Å². The standard InChI is InChI=1S/C10H19NO4/c1-3-7(4-2)9(13)11-6-5-8(12)10(14)15/h7-8,12H,3-6H2,1-2H3,(H,11,13)(H,14,15)/t8-/m0/s1. The third kappa shape index (κ3) is 5.37. The van der Waals surface area contributed by atoms with E-state index in [1.54, 1.807) is 0 Å². The molecule has 0 aliphatic carbocycles. The fraction of sp³-hybridized carbons (Fsp3) is 0.800. The van der Waals surface area contributed by atoms with Crippen LogP contribution in [0.3, 0.4) is 0 Å². The van der Waals surface area contributed by atoms with Crippen molar-refractivity contribution in [3.63, 3.8) is 0 Å². The molecule has 0 rings (SSSR count). The highest BCUT2D eigenvalue weighted by atomic mass is 16.4. The van der Waals surface area contributed by atoms with Crippen LogP contribution in [0.1, 0.15) is 33.1 Å². The van der Waals surface area contributed by atoms with Crippen LogP contribution < -0.4 is 5.32 Å². The van der Waals surface area contributed by atoms with Crippen molar-refractivity contribution in [2.24, 2.45) is 5.92 Å². The Labute approximate surface area is 89.5 Å². The number of carbonyl (C=O) groups excluding carboxylic acids is 1. The summed E-state index contributed by atoms with van der Waals surface area (Å²) in [6.07, 6.45) is 0.182. The molecule has 5 heteroatoms. The van der Waals surface area contributed by atoms with Crippen molar-refractivity contribution in [3.05, 3.63) is 0 Å². The molecule has 0 saturated carbocycles. The molecule has 0 spiro atoms. The van der Waals surface area contributed by atoms with Crippen molar-refractivity contribution in [2.45, 2.75) is 39.2 Å². The number of amides is 1. The van der Waals surface area contributed by atoms with Gasteiger partial charge in [0.2, 0.25) is 5.91 Å². The van der Waals surface area contributed by atoms with Gasteiger partial charge in [-0.25, -0.2) is 4.79 Å². The number of aliphatic carboxylic acids is 1. The number of hydrogen-bond donors (Lipinski definition) is 3. The maximum absolute atomic E-state index is 11.4. The number of nitrogens with one attached hydrogen (secondary N) is 1. The number of aliphatic hydroxyl groups excluding tert-OH is 1. The number of carboxylic acids is 1. The normalized spacial score (nSPS) is 12.5. The van der Waals surface area contributed by atoms with Crippen LogP contribution in [0.25, 0.3) is 0 Å². The third-order valence-electron chi connectivity index (χ3n) is 2.36. The van der Waals surface area contributed by atoms with Crippen LogP contribution in [0.2, 0.25) is 0 Å². The molecule has 0 radical (unpaired) electrons. The van der Waals surface area contributed by atoms with Crippen LogP contribution in [0.4, 0.5) is 0 Å². The van der Waals surface area contributed by atoms with Gasteiger partial charge in [0.1, 0.15) is 0 Å². The third-order valence-corrected chi connectivity index (χ3v) is 2.36. The number of carbonyl (C=O) groups is 2. The van der Waals surface area contributed by atoms with Crippen molar-refractivity contribution in [1.29, 1.82) is 0 Å². The molecule has 1 atom stereocenters. The molecule has 5 nitrogen and oxygen atoms in total. The molecule has 0 aromatic heterocycles. The minimum absolute atomic E-state index is 0.0213. The summed E-state index contributed by atoms with van der Waals surface area (Å²) in [5, 5.41) is 19.9. The van der Waals surface area contributed by atoms with Crippen LogP contribution in [0.5, 0.6) is 0 Å². The maximum atomic E-state index is 11.4. The zero-order valence-electron chi connectivity index (χ0n) is 9.19. The van der Waals surface area contributed by atoms with Gasteiger partial charge in [-0.1, -0.05) is 13.8 Å². The highest BCUT2D eigenvalue weighted by Gasteiger charge is 2.16. The van der Waals surface area contributed by atoms with E-state index in [0.29, 0.717) is 0 Å². The van der Waals surface area contributed by atoms with Gasteiger partial charge in [-0.05, 0) is 12.8 Å². The van der Waals surface area contributed by atoms with Crippen molar-refractivity contribution in [2.75, 3.05) is 6.54 Å². The Hall–Kier alpha value is -1.10. The molecule has 0 bridgehead atoms. The SMILES string of the molecule is CCC(CC)C(=O)NCC[C@H](O)C(=O)O. The van der Waals surface area contributed by atoms with Crippen molar-refractivity contribution in [3.8, 4) is 0 Å². The first-order chi connectivity index (χ1) is 7.02. The lowest BCUT2D eigenvalue weighted by molar-refractivity contribution is -0.147. The molecule has 0 aromatic rings. The molecule has 3 N–H and O–H groups in total. The summed E-state index contributed by atoms with van der Waals surface area (Å²) < 4.78 is 0. The molecule has 0 heterocycles. The second kappa shape index (κ2) is 7.23. The second-order valence-corrected chi connectivity index (χ2v) is 3.45. The lowest BCUT2D eigenvalue weighted by Gasteiger charge is -2.13. The highest BCUT2D eigenvalue weighted by Crippen LogP contribution is 2.06. The molecule has 0 aliphatic heterocycles. The van der Waals surface area contributed by atoms with E-state index in [1.165, 1.54) is 0 Å². The van der Waals surface area contributed by atoms with Gasteiger partial charge in [-0.3, -0.25) is 4.79 Å². The first kappa shape index (κ1) is 13.9. The fourth-order valence-electron chi connectivity index (χ4n) is 1.26. The van der Waals surface area contributed by atoms with Gasteiger partial charge in [0.05, 0.1) is 0 Å². The van der Waals surface area contributed by atoms with Gasteiger partial charge in [-0.15, -0.1) is 0 Å². The predicted molar refractivity (Wildman–Crippen MR) is 55.3 cm³/mol. The monoisotopic (exact) mass is 217 g/mol. The Morgan fingerprint density at radius 3 is 2.20 bits per heavy atom. The van der Waals surface area contributed by atoms with Gasteiger partial charge in [0.25, 0.3) is 0 Å². The van der Waals surface area contributed by atoms with Gasteiger partial charge < -0.3 is 15.5 Å². The van der Waals surface area contributed by atoms with Crippen LogP contribution >= 0.6 is 0 Å². The quantitative estimate of drug-likeness (QED) is 0.575. The summed E-state index contributed by atoms with van der Waals surface area (Å²) in [5.74, 6) is -1.35. The van der Waals surface area contributed by atoms with E-state index in [9.17, 15) is 9.59 Å². The summed E-state index contributed by atoms with van der Waals surface area (Å²) in [5.41, 5.74) is 0.